The summed E-state index contributed by atoms with van der Waals surface area (Å²) in [6.07, 6.45) is 0.842. The van der Waals surface area contributed by atoms with E-state index < -0.39 is 0 Å². The van der Waals surface area contributed by atoms with Crippen LogP contribution >= 0.6 is 23.1 Å². The molecule has 0 radical (unpaired) electrons. The van der Waals surface area contributed by atoms with Gasteiger partial charge in [0.15, 0.2) is 11.5 Å². The molecule has 196 valence electrons. The maximum absolute atomic E-state index is 13.9. The fourth-order valence-electron chi connectivity index (χ4n) is 7.42. The maximum Gasteiger partial charge on any atom is 0.305 e. The number of methoxy groups -OCH3 is 3. The van der Waals surface area contributed by atoms with Crippen molar-refractivity contribution in [2.75, 3.05) is 26.2 Å². The predicted octanol–water partition coefficient (Wildman–Crippen LogP) is 4.14. The van der Waals surface area contributed by atoms with Gasteiger partial charge in [0, 0.05) is 16.0 Å². The van der Waals surface area contributed by atoms with Crippen molar-refractivity contribution in [1.82, 2.24) is 4.98 Å². The van der Waals surface area contributed by atoms with E-state index in [0.717, 1.165) is 21.9 Å². The Balaban J connectivity index is 1.31. The SMILES string of the molecule is COc1ccc(N2C(=O)[C@H]3[C@@H]4C[C@H]([C@@H]3C2=O)[C@H]2[C@H](c3ccc(OC)c(OC)c3)c3sc(=O)[nH]c3S[C@H]42)cc1. The number of aromatic nitrogens is 1. The zero-order chi connectivity index (χ0) is 26.3. The second-order valence-electron chi connectivity index (χ2n) is 10.3. The van der Waals surface area contributed by atoms with Crippen LogP contribution in [0.15, 0.2) is 52.3 Å². The number of H-pyrrole nitrogens is 1. The third kappa shape index (κ3) is 3.19. The maximum atomic E-state index is 13.9. The Kier molecular flexibility index (Phi) is 5.42. The quantitative estimate of drug-likeness (QED) is 0.477. The number of nitrogens with zero attached hydrogens (tertiary/aromatic N) is 1. The molecule has 3 heterocycles. The third-order valence-electron chi connectivity index (χ3n) is 8.82. The lowest BCUT2D eigenvalue weighted by atomic mass is 9.68. The minimum Gasteiger partial charge on any atom is -0.497 e. The van der Waals surface area contributed by atoms with Gasteiger partial charge in [-0.1, -0.05) is 17.4 Å². The summed E-state index contributed by atoms with van der Waals surface area (Å²) in [6, 6.07) is 13.0. The van der Waals surface area contributed by atoms with Crippen LogP contribution in [-0.4, -0.2) is 43.4 Å². The van der Waals surface area contributed by atoms with Crippen LogP contribution in [0.2, 0.25) is 0 Å². The van der Waals surface area contributed by atoms with Crippen molar-refractivity contribution in [3.05, 3.63) is 62.6 Å². The molecular weight excluding hydrogens is 524 g/mol. The standard InChI is InChI=1S/C28H26N2O6S2/c1-34-14-7-5-13(6-8-14)30-26(31)21-15-11-16(22(21)27(30)32)23-20(15)19(24-25(37-23)29-28(33)38-24)12-4-9-17(35-2)18(10-12)36-3/h4-10,15-16,19-23H,11H2,1-3H3,(H,29,33)/t15-,16-,19-,20-,21-,22-,23+/m0/s1. The number of thioether (sulfide) groups is 1. The minimum atomic E-state index is -0.351. The molecule has 7 atom stereocenters. The average Bonchev–Trinajstić information content (AvgIpc) is 3.67. The number of aromatic amines is 1. The average molecular weight is 551 g/mol. The number of hydrogen-bond acceptors (Lipinski definition) is 8. The van der Waals surface area contributed by atoms with Crippen LogP contribution in [0.3, 0.4) is 0 Å². The van der Waals surface area contributed by atoms with E-state index in [0.29, 0.717) is 22.9 Å². The highest BCUT2D eigenvalue weighted by Crippen LogP contribution is 2.68. The van der Waals surface area contributed by atoms with Gasteiger partial charge in [-0.15, -0.1) is 11.8 Å². The molecule has 38 heavy (non-hydrogen) atoms. The zero-order valence-electron chi connectivity index (χ0n) is 21.0. The largest absolute Gasteiger partial charge is 0.497 e. The van der Waals surface area contributed by atoms with Gasteiger partial charge in [0.2, 0.25) is 11.8 Å². The summed E-state index contributed by atoms with van der Waals surface area (Å²) >= 11 is 2.92. The summed E-state index contributed by atoms with van der Waals surface area (Å²) in [5.74, 6) is 1.20. The number of amides is 2. The molecule has 10 heteroatoms. The highest BCUT2D eigenvalue weighted by Gasteiger charge is 2.69. The summed E-state index contributed by atoms with van der Waals surface area (Å²) in [5.41, 5.74) is 1.62. The molecule has 0 unspecified atom stereocenters. The number of thiazole rings is 1. The van der Waals surface area contributed by atoms with E-state index in [1.54, 1.807) is 57.4 Å². The third-order valence-corrected chi connectivity index (χ3v) is 11.4. The van der Waals surface area contributed by atoms with E-state index in [2.05, 4.69) is 4.98 Å². The number of carbonyl (C=O) groups excluding carboxylic acids is 2. The topological polar surface area (TPSA) is 97.9 Å². The van der Waals surface area contributed by atoms with E-state index in [-0.39, 0.29) is 57.4 Å². The Bertz CT molecular complexity index is 1510. The molecule has 1 saturated heterocycles. The van der Waals surface area contributed by atoms with Crippen LogP contribution < -0.4 is 24.0 Å². The second kappa shape index (κ2) is 8.64. The Hall–Kier alpha value is -3.24. The molecule has 7 rings (SSSR count). The summed E-state index contributed by atoms with van der Waals surface area (Å²) in [5, 5.41) is 1.01. The number of imide groups is 1. The van der Waals surface area contributed by atoms with Gasteiger partial charge in [-0.3, -0.25) is 19.3 Å². The van der Waals surface area contributed by atoms with Crippen molar-refractivity contribution in [2.24, 2.45) is 29.6 Å². The van der Waals surface area contributed by atoms with E-state index in [4.69, 9.17) is 14.2 Å². The molecule has 2 bridgehead atoms. The molecule has 2 aromatic carbocycles. The van der Waals surface area contributed by atoms with Crippen molar-refractivity contribution in [3.63, 3.8) is 0 Å². The minimum absolute atomic E-state index is 0.0469. The van der Waals surface area contributed by atoms with E-state index in [1.807, 2.05) is 18.2 Å². The summed E-state index contributed by atoms with van der Waals surface area (Å²) in [4.78, 5) is 45.4. The first kappa shape index (κ1) is 23.8. The summed E-state index contributed by atoms with van der Waals surface area (Å²) < 4.78 is 16.3. The van der Waals surface area contributed by atoms with Gasteiger partial charge in [-0.2, -0.15) is 0 Å². The lowest BCUT2D eigenvalue weighted by molar-refractivity contribution is -0.123. The van der Waals surface area contributed by atoms with Gasteiger partial charge in [-0.05, 0) is 66.1 Å². The Morgan fingerprint density at radius 1 is 0.868 bits per heavy atom. The molecule has 1 N–H and O–H groups in total. The van der Waals surface area contributed by atoms with Crippen LogP contribution in [0.1, 0.15) is 22.8 Å². The van der Waals surface area contributed by atoms with Gasteiger partial charge in [0.1, 0.15) is 5.75 Å². The van der Waals surface area contributed by atoms with Crippen molar-refractivity contribution in [1.29, 1.82) is 0 Å². The first-order valence-corrected chi connectivity index (χ1v) is 14.3. The zero-order valence-corrected chi connectivity index (χ0v) is 22.6. The molecule has 8 nitrogen and oxygen atoms in total. The molecule has 1 aromatic heterocycles. The number of hydrogen-bond donors (Lipinski definition) is 1. The Morgan fingerprint density at radius 3 is 2.26 bits per heavy atom. The molecule has 0 spiro atoms. The van der Waals surface area contributed by atoms with Crippen LogP contribution in [0.25, 0.3) is 0 Å². The monoisotopic (exact) mass is 550 g/mol. The second-order valence-corrected chi connectivity index (χ2v) is 12.5. The lowest BCUT2D eigenvalue weighted by Gasteiger charge is -2.43. The molecule has 2 aliphatic carbocycles. The summed E-state index contributed by atoms with van der Waals surface area (Å²) in [6.45, 7) is 0. The van der Waals surface area contributed by atoms with Crippen molar-refractivity contribution in [3.8, 4) is 17.2 Å². The van der Waals surface area contributed by atoms with Crippen LogP contribution in [-0.2, 0) is 9.59 Å². The van der Waals surface area contributed by atoms with Crippen LogP contribution in [0.5, 0.6) is 17.2 Å². The number of carbonyl (C=O) groups is 2. The first-order chi connectivity index (χ1) is 18.4. The fraction of sp³-hybridized carbons (Fsp3) is 0.393. The molecule has 3 fully saturated rings. The lowest BCUT2D eigenvalue weighted by Crippen LogP contribution is -2.42. The molecule has 2 saturated carbocycles. The van der Waals surface area contributed by atoms with Gasteiger partial charge >= 0.3 is 4.87 Å². The van der Waals surface area contributed by atoms with E-state index in [9.17, 15) is 14.4 Å². The van der Waals surface area contributed by atoms with Gasteiger partial charge in [0.25, 0.3) is 0 Å². The number of rotatable bonds is 5. The highest BCUT2D eigenvalue weighted by molar-refractivity contribution is 8.00. The van der Waals surface area contributed by atoms with Gasteiger partial charge in [0.05, 0.1) is 43.9 Å². The van der Waals surface area contributed by atoms with Crippen molar-refractivity contribution < 1.29 is 23.8 Å². The number of benzene rings is 2. The first-order valence-electron chi connectivity index (χ1n) is 12.6. The molecule has 3 aromatic rings. The van der Waals surface area contributed by atoms with Crippen molar-refractivity contribution >= 4 is 40.6 Å². The molecule has 2 amide bonds. The fourth-order valence-corrected chi connectivity index (χ4v) is 10.3. The van der Waals surface area contributed by atoms with Gasteiger partial charge < -0.3 is 19.2 Å². The smallest absolute Gasteiger partial charge is 0.305 e. The highest BCUT2D eigenvalue weighted by atomic mass is 32.2. The number of ether oxygens (including phenoxy) is 3. The van der Waals surface area contributed by atoms with E-state index in [1.165, 1.54) is 16.2 Å². The Labute approximate surface area is 227 Å². The number of anilines is 1. The van der Waals surface area contributed by atoms with Crippen molar-refractivity contribution in [2.45, 2.75) is 22.6 Å². The number of fused-ring (bicyclic) bond motifs is 9. The molecular formula is C28H26N2O6S2. The Morgan fingerprint density at radius 2 is 1.58 bits per heavy atom. The van der Waals surface area contributed by atoms with Gasteiger partial charge in [-0.25, -0.2) is 0 Å². The van der Waals surface area contributed by atoms with E-state index >= 15 is 0 Å². The molecule has 4 aliphatic rings. The normalized spacial score (nSPS) is 30.7. The number of nitrogens with one attached hydrogen (secondary N) is 1. The predicted molar refractivity (Wildman–Crippen MR) is 144 cm³/mol. The van der Waals surface area contributed by atoms with Crippen LogP contribution in [0.4, 0.5) is 5.69 Å². The summed E-state index contributed by atoms with van der Waals surface area (Å²) in [7, 11) is 4.80. The van der Waals surface area contributed by atoms with Crippen LogP contribution in [0, 0.1) is 29.6 Å². The molecule has 2 aliphatic heterocycles.